The van der Waals surface area contributed by atoms with Crippen molar-refractivity contribution in [3.05, 3.63) is 31.3 Å². The third-order valence-electron chi connectivity index (χ3n) is 4.33. The molecule has 132 valence electrons. The monoisotopic (exact) mass is 342 g/mol. The minimum Gasteiger partial charge on any atom is -0.394 e. The number of methoxy groups -OCH3 is 1. The Hall–Kier alpha value is -2.21. The van der Waals surface area contributed by atoms with Gasteiger partial charge in [0.05, 0.1) is 6.61 Å². The van der Waals surface area contributed by atoms with Crippen LogP contribution >= 0.6 is 0 Å². The van der Waals surface area contributed by atoms with E-state index in [2.05, 4.69) is 4.98 Å². The quantitative estimate of drug-likeness (QED) is 0.539. The summed E-state index contributed by atoms with van der Waals surface area (Å²) in [5.74, 6) is 0. The fourth-order valence-electron chi connectivity index (χ4n) is 3.06. The van der Waals surface area contributed by atoms with Gasteiger partial charge in [-0.3, -0.25) is 18.9 Å². The zero-order valence-corrected chi connectivity index (χ0v) is 13.3. The van der Waals surface area contributed by atoms with E-state index in [1.54, 1.807) is 0 Å². The van der Waals surface area contributed by atoms with Gasteiger partial charge in [0.1, 0.15) is 18.3 Å². The van der Waals surface area contributed by atoms with E-state index in [1.165, 1.54) is 21.2 Å². The lowest BCUT2D eigenvalue weighted by Crippen LogP contribution is -2.39. The molecule has 0 spiro atoms. The summed E-state index contributed by atoms with van der Waals surface area (Å²) in [6.45, 7) is -0.477. The summed E-state index contributed by atoms with van der Waals surface area (Å²) in [4.78, 5) is 39.2. The van der Waals surface area contributed by atoms with Crippen LogP contribution in [0.2, 0.25) is 0 Å². The maximum Gasteiger partial charge on any atom is 0.332 e. The topological polar surface area (TPSA) is 141 Å². The van der Waals surface area contributed by atoms with Crippen LogP contribution in [-0.2, 0) is 23.6 Å². The summed E-state index contributed by atoms with van der Waals surface area (Å²) < 4.78 is 13.8. The molecule has 0 aliphatic carbocycles. The first-order valence-electron chi connectivity index (χ1n) is 7.20. The standard InChI is InChI=1S/C13H18N4O7/c1-15-9-6(10(20)16(2)13(15)22)14-12(21)17(9)11-8(23-3)7(19)5(4-18)24-11/h5,7-8,11,18-19H,4H2,1-3H3,(H,14,21)/t5-,7-,8-,11-/m1/s1. The Balaban J connectivity index is 2.32. The minimum absolute atomic E-state index is 0.0194. The van der Waals surface area contributed by atoms with Crippen molar-refractivity contribution in [2.75, 3.05) is 13.7 Å². The number of aliphatic hydroxyl groups is 2. The molecular formula is C13H18N4O7. The SMILES string of the molecule is CO[C@@H]1[C@H](O)[C@@H](CO)O[C@H]1n1c(=O)[nH]c2c(=O)n(C)c(=O)n(C)c21. The van der Waals surface area contributed by atoms with Crippen LogP contribution in [0, 0.1) is 0 Å². The first kappa shape index (κ1) is 16.6. The largest absolute Gasteiger partial charge is 0.394 e. The van der Waals surface area contributed by atoms with Crippen LogP contribution in [0.5, 0.6) is 0 Å². The molecular weight excluding hydrogens is 324 g/mol. The molecule has 3 rings (SSSR count). The first-order valence-corrected chi connectivity index (χ1v) is 7.20. The van der Waals surface area contributed by atoms with Gasteiger partial charge in [-0.25, -0.2) is 14.2 Å². The number of rotatable bonds is 3. The molecule has 2 aromatic rings. The Labute approximate surface area is 134 Å². The molecule has 3 heterocycles. The van der Waals surface area contributed by atoms with Crippen molar-refractivity contribution in [1.29, 1.82) is 0 Å². The third-order valence-corrected chi connectivity index (χ3v) is 4.33. The number of nitrogens with zero attached hydrogens (tertiary/aromatic N) is 3. The van der Waals surface area contributed by atoms with Crippen molar-refractivity contribution in [3.63, 3.8) is 0 Å². The van der Waals surface area contributed by atoms with Gasteiger partial charge in [0.2, 0.25) is 0 Å². The molecule has 1 saturated heterocycles. The second-order valence-electron chi connectivity index (χ2n) is 5.64. The van der Waals surface area contributed by atoms with E-state index in [0.717, 1.165) is 13.7 Å². The molecule has 24 heavy (non-hydrogen) atoms. The average molecular weight is 342 g/mol. The summed E-state index contributed by atoms with van der Waals surface area (Å²) in [5, 5.41) is 19.4. The highest BCUT2D eigenvalue weighted by Crippen LogP contribution is 2.31. The second-order valence-corrected chi connectivity index (χ2v) is 5.64. The smallest absolute Gasteiger partial charge is 0.332 e. The Morgan fingerprint density at radius 3 is 2.50 bits per heavy atom. The van der Waals surface area contributed by atoms with Gasteiger partial charge in [-0.2, -0.15) is 0 Å². The zero-order valence-electron chi connectivity index (χ0n) is 13.3. The molecule has 1 fully saturated rings. The third kappa shape index (κ3) is 2.09. The van der Waals surface area contributed by atoms with Crippen LogP contribution in [-0.4, -0.2) is 60.9 Å². The maximum absolute atomic E-state index is 12.4. The van der Waals surface area contributed by atoms with Crippen LogP contribution in [0.3, 0.4) is 0 Å². The molecule has 0 amide bonds. The van der Waals surface area contributed by atoms with Crippen molar-refractivity contribution < 1.29 is 19.7 Å². The van der Waals surface area contributed by atoms with E-state index < -0.39 is 48.1 Å². The number of ether oxygens (including phenoxy) is 2. The zero-order chi connectivity index (χ0) is 17.8. The molecule has 11 heteroatoms. The molecule has 0 aromatic carbocycles. The summed E-state index contributed by atoms with van der Waals surface area (Å²) >= 11 is 0. The van der Waals surface area contributed by atoms with E-state index in [9.17, 15) is 24.6 Å². The van der Waals surface area contributed by atoms with E-state index in [4.69, 9.17) is 9.47 Å². The normalized spacial score (nSPS) is 27.2. The summed E-state index contributed by atoms with van der Waals surface area (Å²) in [6.07, 6.45) is -4.20. The number of fused-ring (bicyclic) bond motifs is 1. The maximum atomic E-state index is 12.4. The lowest BCUT2D eigenvalue weighted by atomic mass is 10.1. The average Bonchev–Trinajstić information content (AvgIpc) is 3.07. The number of nitrogens with one attached hydrogen (secondary N) is 1. The van der Waals surface area contributed by atoms with Crippen molar-refractivity contribution in [3.8, 4) is 0 Å². The summed E-state index contributed by atoms with van der Waals surface area (Å²) in [5.41, 5.74) is -2.02. The van der Waals surface area contributed by atoms with E-state index >= 15 is 0 Å². The molecule has 3 N–H and O–H groups in total. The number of aromatic nitrogens is 4. The number of aliphatic hydroxyl groups excluding tert-OH is 2. The molecule has 1 aliphatic heterocycles. The van der Waals surface area contributed by atoms with Gasteiger partial charge in [0.25, 0.3) is 5.56 Å². The van der Waals surface area contributed by atoms with Gasteiger partial charge in [0, 0.05) is 21.2 Å². The summed E-state index contributed by atoms with van der Waals surface area (Å²) in [7, 11) is 4.03. The Morgan fingerprint density at radius 1 is 1.25 bits per heavy atom. The molecule has 0 unspecified atom stereocenters. The predicted molar refractivity (Wildman–Crippen MR) is 80.8 cm³/mol. The highest BCUT2D eigenvalue weighted by atomic mass is 16.6. The molecule has 1 aliphatic rings. The van der Waals surface area contributed by atoms with Crippen LogP contribution in [0.15, 0.2) is 14.4 Å². The van der Waals surface area contributed by atoms with Gasteiger partial charge < -0.3 is 19.7 Å². The highest BCUT2D eigenvalue weighted by Gasteiger charge is 2.46. The fraction of sp³-hybridized carbons (Fsp3) is 0.615. The molecule has 0 saturated carbocycles. The molecule has 0 bridgehead atoms. The van der Waals surface area contributed by atoms with Crippen molar-refractivity contribution in [2.45, 2.75) is 24.5 Å². The minimum atomic E-state index is -1.18. The number of H-pyrrole nitrogens is 1. The molecule has 11 nitrogen and oxygen atoms in total. The van der Waals surface area contributed by atoms with Gasteiger partial charge in [-0.1, -0.05) is 0 Å². The lowest BCUT2D eigenvalue weighted by Gasteiger charge is -2.20. The van der Waals surface area contributed by atoms with E-state index in [-0.39, 0.29) is 11.2 Å². The van der Waals surface area contributed by atoms with E-state index in [0.29, 0.717) is 0 Å². The first-order chi connectivity index (χ1) is 11.3. The lowest BCUT2D eigenvalue weighted by molar-refractivity contribution is -0.0600. The number of imidazole rings is 1. The van der Waals surface area contributed by atoms with Crippen molar-refractivity contribution in [2.24, 2.45) is 14.1 Å². The molecule has 2 aromatic heterocycles. The number of hydrogen-bond donors (Lipinski definition) is 3. The van der Waals surface area contributed by atoms with Crippen LogP contribution in [0.25, 0.3) is 11.2 Å². The number of hydrogen-bond acceptors (Lipinski definition) is 7. The number of aryl methyl sites for hydroxylation is 1. The van der Waals surface area contributed by atoms with Gasteiger partial charge in [-0.15, -0.1) is 0 Å². The highest BCUT2D eigenvalue weighted by molar-refractivity contribution is 5.70. The molecule has 4 atom stereocenters. The fourth-order valence-corrected chi connectivity index (χ4v) is 3.06. The van der Waals surface area contributed by atoms with Crippen molar-refractivity contribution >= 4 is 11.2 Å². The predicted octanol–water partition coefficient (Wildman–Crippen LogP) is -3.01. The molecule has 0 radical (unpaired) electrons. The Kier molecular flexibility index (Phi) is 3.95. The van der Waals surface area contributed by atoms with Gasteiger partial charge in [-0.05, 0) is 0 Å². The van der Waals surface area contributed by atoms with Crippen LogP contribution in [0.4, 0.5) is 0 Å². The van der Waals surface area contributed by atoms with E-state index in [1.807, 2.05) is 0 Å². The van der Waals surface area contributed by atoms with Crippen molar-refractivity contribution in [1.82, 2.24) is 18.7 Å². The Bertz CT molecular complexity index is 952. The van der Waals surface area contributed by atoms with Gasteiger partial charge >= 0.3 is 11.4 Å². The number of aromatic amines is 1. The second kappa shape index (κ2) is 5.70. The Morgan fingerprint density at radius 2 is 1.92 bits per heavy atom. The van der Waals surface area contributed by atoms with Crippen LogP contribution in [0.1, 0.15) is 6.23 Å². The van der Waals surface area contributed by atoms with Gasteiger partial charge in [0.15, 0.2) is 17.4 Å². The summed E-state index contributed by atoms with van der Waals surface area (Å²) in [6, 6.07) is 0. The van der Waals surface area contributed by atoms with Crippen LogP contribution < -0.4 is 16.9 Å².